The van der Waals surface area contributed by atoms with Crippen LogP contribution in [0.15, 0.2) is 22.4 Å². The molecule has 0 saturated carbocycles. The highest BCUT2D eigenvalue weighted by Crippen LogP contribution is 2.37. The van der Waals surface area contributed by atoms with Gasteiger partial charge in [-0.15, -0.1) is 0 Å². The molecule has 0 radical (unpaired) electrons. The van der Waals surface area contributed by atoms with Crippen molar-refractivity contribution < 1.29 is 18.0 Å². The third-order valence-electron chi connectivity index (χ3n) is 1.73. The van der Waals surface area contributed by atoms with Gasteiger partial charge in [0.1, 0.15) is 6.19 Å². The lowest BCUT2D eigenvalue weighted by molar-refractivity contribution is -0.0933. The van der Waals surface area contributed by atoms with Gasteiger partial charge in [-0.2, -0.15) is 13.2 Å². The van der Waals surface area contributed by atoms with Crippen molar-refractivity contribution in [2.75, 3.05) is 0 Å². The summed E-state index contributed by atoms with van der Waals surface area (Å²) >= 11 is 5.54. The van der Waals surface area contributed by atoms with E-state index in [1.165, 1.54) is 6.08 Å². The van der Waals surface area contributed by atoms with Crippen molar-refractivity contribution in [1.82, 2.24) is 5.23 Å². The molecule has 0 fully saturated rings. The van der Waals surface area contributed by atoms with Crippen LogP contribution in [0, 0.1) is 0 Å². The Labute approximate surface area is 84.1 Å². The molecule has 0 unspecified atom stereocenters. The van der Waals surface area contributed by atoms with Gasteiger partial charge in [-0.05, 0) is 6.42 Å². The fourth-order valence-electron chi connectivity index (χ4n) is 1.13. The zero-order valence-electron chi connectivity index (χ0n) is 6.99. The monoisotopic (exact) mass is 223 g/mol. The third kappa shape index (κ3) is 2.32. The molecule has 7 heteroatoms. The molecule has 76 valence electrons. The lowest BCUT2D eigenvalue weighted by Crippen LogP contribution is -2.24. The largest absolute Gasteiger partial charge is 0.423 e. The van der Waals surface area contributed by atoms with Gasteiger partial charge in [-0.1, -0.05) is 17.7 Å². The van der Waals surface area contributed by atoms with Crippen LogP contribution in [-0.4, -0.2) is 19.8 Å². The van der Waals surface area contributed by atoms with Crippen LogP contribution >= 0.6 is 11.6 Å². The molecule has 2 nitrogen and oxygen atoms in total. The predicted molar refractivity (Wildman–Crippen MR) is 48.7 cm³/mol. The van der Waals surface area contributed by atoms with Gasteiger partial charge >= 0.3 is 13.6 Å². The molecule has 0 aliphatic heterocycles. The van der Waals surface area contributed by atoms with Crippen molar-refractivity contribution in [2.24, 2.45) is 0 Å². The average molecular weight is 223 g/mol. The molecule has 0 atom stereocenters. The normalized spacial score (nSPS) is 16.7. The summed E-state index contributed by atoms with van der Waals surface area (Å²) in [6.07, 6.45) is -2.91. The standard InChI is InChI=1S/C7H6BClF3NO/c9-5-2-1-4(7(10,11)12)6(5)13-8-3-14/h2-3,8,13H,1H2. The van der Waals surface area contributed by atoms with E-state index in [0.717, 1.165) is 0 Å². The first-order valence-corrected chi connectivity index (χ1v) is 4.18. The van der Waals surface area contributed by atoms with Crippen LogP contribution in [0.4, 0.5) is 13.2 Å². The Hall–Kier alpha value is -0.905. The van der Waals surface area contributed by atoms with Crippen molar-refractivity contribution >= 4 is 25.2 Å². The molecular weight excluding hydrogens is 217 g/mol. The Morgan fingerprint density at radius 2 is 2.21 bits per heavy atom. The minimum Gasteiger partial charge on any atom is -0.423 e. The Balaban J connectivity index is 2.89. The summed E-state index contributed by atoms with van der Waals surface area (Å²) in [7, 11) is -0.182. The highest BCUT2D eigenvalue weighted by molar-refractivity contribution is 6.65. The number of allylic oxidation sites excluding steroid dienone is 3. The van der Waals surface area contributed by atoms with E-state index in [4.69, 9.17) is 11.6 Å². The minimum atomic E-state index is -4.40. The van der Waals surface area contributed by atoms with Gasteiger partial charge in [0.05, 0.1) is 10.6 Å². The number of nitrogens with one attached hydrogen (secondary N) is 1. The van der Waals surface area contributed by atoms with E-state index in [0.29, 0.717) is 6.19 Å². The van der Waals surface area contributed by atoms with E-state index in [-0.39, 0.29) is 24.6 Å². The summed E-state index contributed by atoms with van der Waals surface area (Å²) in [6, 6.07) is 0. The van der Waals surface area contributed by atoms with Crippen LogP contribution in [0.2, 0.25) is 0 Å². The van der Waals surface area contributed by atoms with Crippen LogP contribution in [0.5, 0.6) is 0 Å². The molecule has 0 aromatic carbocycles. The number of carbonyl (C=O) groups excluding carboxylic acids is 1. The number of hydrogen-bond donors (Lipinski definition) is 1. The fourth-order valence-corrected chi connectivity index (χ4v) is 1.39. The van der Waals surface area contributed by atoms with E-state index in [9.17, 15) is 18.0 Å². The van der Waals surface area contributed by atoms with Gasteiger partial charge in [-0.3, -0.25) is 0 Å². The summed E-state index contributed by atoms with van der Waals surface area (Å²) < 4.78 is 37.0. The highest BCUT2D eigenvalue weighted by atomic mass is 35.5. The first-order chi connectivity index (χ1) is 6.46. The second-order valence-electron chi connectivity index (χ2n) is 2.66. The molecule has 0 aromatic heterocycles. The highest BCUT2D eigenvalue weighted by Gasteiger charge is 2.38. The molecule has 1 N–H and O–H groups in total. The van der Waals surface area contributed by atoms with E-state index in [1.54, 1.807) is 0 Å². The Kier molecular flexibility index (Phi) is 3.26. The van der Waals surface area contributed by atoms with Gasteiger partial charge < -0.3 is 10.0 Å². The maximum atomic E-state index is 12.3. The fraction of sp³-hybridized carbons (Fsp3) is 0.286. The van der Waals surface area contributed by atoms with Crippen LogP contribution in [0.3, 0.4) is 0 Å². The second kappa shape index (κ2) is 4.08. The zero-order valence-corrected chi connectivity index (χ0v) is 7.74. The quantitative estimate of drug-likeness (QED) is 0.580. The van der Waals surface area contributed by atoms with Crippen molar-refractivity contribution in [2.45, 2.75) is 12.6 Å². The van der Waals surface area contributed by atoms with Crippen molar-refractivity contribution in [3.63, 3.8) is 0 Å². The first kappa shape index (κ1) is 11.2. The molecule has 0 bridgehead atoms. The Morgan fingerprint density at radius 1 is 1.57 bits per heavy atom. The van der Waals surface area contributed by atoms with E-state index in [1.807, 2.05) is 0 Å². The summed E-state index contributed by atoms with van der Waals surface area (Å²) in [6.45, 7) is 0. The molecule has 0 amide bonds. The third-order valence-corrected chi connectivity index (χ3v) is 2.07. The summed E-state index contributed by atoms with van der Waals surface area (Å²) in [5.41, 5.74) is -0.921. The minimum absolute atomic E-state index is 0.0131. The van der Waals surface area contributed by atoms with Crippen LogP contribution in [-0.2, 0) is 4.79 Å². The van der Waals surface area contributed by atoms with E-state index in [2.05, 4.69) is 5.23 Å². The lowest BCUT2D eigenvalue weighted by atomic mass is 9.97. The second-order valence-corrected chi connectivity index (χ2v) is 3.06. The molecule has 14 heavy (non-hydrogen) atoms. The summed E-state index contributed by atoms with van der Waals surface area (Å²) in [4.78, 5) is 10.00. The molecule has 1 rings (SSSR count). The van der Waals surface area contributed by atoms with Crippen LogP contribution in [0.25, 0.3) is 0 Å². The van der Waals surface area contributed by atoms with Crippen molar-refractivity contribution in [1.29, 1.82) is 0 Å². The topological polar surface area (TPSA) is 29.1 Å². The lowest BCUT2D eigenvalue weighted by Gasteiger charge is -2.12. The van der Waals surface area contributed by atoms with Gasteiger partial charge in [0.15, 0.2) is 0 Å². The number of hydrogen-bond acceptors (Lipinski definition) is 2. The SMILES string of the molecule is O=CBNC1=C(C(F)(F)F)CC=C1Cl. The maximum Gasteiger partial charge on any atom is 0.414 e. The Morgan fingerprint density at radius 3 is 2.71 bits per heavy atom. The maximum absolute atomic E-state index is 12.3. The van der Waals surface area contributed by atoms with Gasteiger partial charge in [0, 0.05) is 5.70 Å². The molecule has 0 saturated heterocycles. The molecule has 0 aromatic rings. The van der Waals surface area contributed by atoms with E-state index < -0.39 is 11.7 Å². The zero-order chi connectivity index (χ0) is 10.8. The number of halogens is 4. The molecule has 1 aliphatic rings. The van der Waals surface area contributed by atoms with E-state index >= 15 is 0 Å². The molecular formula is C7H6BClF3NO. The van der Waals surface area contributed by atoms with Crippen LogP contribution < -0.4 is 5.23 Å². The number of rotatable bonds is 3. The Bertz CT molecular complexity index is 311. The predicted octanol–water partition coefficient (Wildman–Crippen LogP) is 1.46. The first-order valence-electron chi connectivity index (χ1n) is 3.80. The number of alkyl halides is 3. The average Bonchev–Trinajstić information content (AvgIpc) is 2.42. The molecule has 1 aliphatic carbocycles. The summed E-state index contributed by atoms with van der Waals surface area (Å²) in [5.74, 6) is 0. The van der Waals surface area contributed by atoms with Crippen molar-refractivity contribution in [3.05, 3.63) is 22.4 Å². The number of carbonyl (C=O) groups is 1. The molecule has 0 heterocycles. The van der Waals surface area contributed by atoms with Gasteiger partial charge in [0.2, 0.25) is 0 Å². The van der Waals surface area contributed by atoms with Gasteiger partial charge in [0.25, 0.3) is 0 Å². The van der Waals surface area contributed by atoms with Crippen LogP contribution in [0.1, 0.15) is 6.42 Å². The molecule has 0 spiro atoms. The summed E-state index contributed by atoms with van der Waals surface area (Å²) in [5, 5.41) is 2.34. The van der Waals surface area contributed by atoms with Crippen molar-refractivity contribution in [3.8, 4) is 0 Å². The smallest absolute Gasteiger partial charge is 0.414 e. The van der Waals surface area contributed by atoms with Gasteiger partial charge in [-0.25, -0.2) is 0 Å².